The van der Waals surface area contributed by atoms with Crippen LogP contribution < -0.4 is 0 Å². The van der Waals surface area contributed by atoms with Crippen molar-refractivity contribution in [1.29, 1.82) is 0 Å². The first kappa shape index (κ1) is 11.3. The van der Waals surface area contributed by atoms with Crippen LogP contribution in [0.3, 0.4) is 0 Å². The lowest BCUT2D eigenvalue weighted by Crippen LogP contribution is -1.86. The summed E-state index contributed by atoms with van der Waals surface area (Å²) in [6.07, 6.45) is 0.0556. The maximum atomic E-state index is 9.37. The molecule has 3 nitrogen and oxygen atoms in total. The van der Waals surface area contributed by atoms with Crippen LogP contribution in [0.1, 0.15) is 27.2 Å². The van der Waals surface area contributed by atoms with Crippen LogP contribution in [0.15, 0.2) is 0 Å². The van der Waals surface area contributed by atoms with Crippen molar-refractivity contribution in [2.75, 3.05) is 0 Å². The van der Waals surface area contributed by atoms with Gasteiger partial charge in [0.2, 0.25) is 0 Å². The van der Waals surface area contributed by atoms with Gasteiger partial charge in [-0.25, -0.2) is 0 Å². The minimum Gasteiger partial charge on any atom is -0.481 e. The second-order valence-electron chi connectivity index (χ2n) is 1.84. The van der Waals surface area contributed by atoms with E-state index in [4.69, 9.17) is 10.2 Å². The second-order valence-corrected chi connectivity index (χ2v) is 1.84. The van der Waals surface area contributed by atoms with E-state index in [1.807, 2.05) is 0 Å². The van der Waals surface area contributed by atoms with E-state index in [2.05, 4.69) is 0 Å². The van der Waals surface area contributed by atoms with Crippen molar-refractivity contribution in [2.45, 2.75) is 33.3 Å². The molecular weight excluding hydrogens is 120 g/mol. The van der Waals surface area contributed by atoms with E-state index in [1.165, 1.54) is 0 Å². The number of carbonyl (C=O) groups is 1. The summed E-state index contributed by atoms with van der Waals surface area (Å²) < 4.78 is 0. The van der Waals surface area contributed by atoms with E-state index in [9.17, 15) is 4.79 Å². The maximum absolute atomic E-state index is 9.37. The number of hydrogen-bond donors (Lipinski definition) is 2. The van der Waals surface area contributed by atoms with Crippen LogP contribution in [0, 0.1) is 0 Å². The van der Waals surface area contributed by atoms with E-state index < -0.39 is 5.97 Å². The van der Waals surface area contributed by atoms with Gasteiger partial charge in [0.25, 0.3) is 0 Å². The Kier molecular flexibility index (Phi) is 9.29. The van der Waals surface area contributed by atoms with Gasteiger partial charge in [-0.3, -0.25) is 4.79 Å². The Morgan fingerprint density at radius 3 is 1.67 bits per heavy atom. The molecule has 9 heavy (non-hydrogen) atoms. The smallest absolute Gasteiger partial charge is 0.303 e. The molecule has 0 atom stereocenters. The van der Waals surface area contributed by atoms with Crippen LogP contribution in [-0.2, 0) is 4.79 Å². The first-order valence-electron chi connectivity index (χ1n) is 2.90. The molecule has 0 heterocycles. The number of hydrogen-bond acceptors (Lipinski definition) is 2. The highest BCUT2D eigenvalue weighted by Crippen LogP contribution is 1.67. The maximum Gasteiger partial charge on any atom is 0.303 e. The molecule has 0 fully saturated rings. The highest BCUT2D eigenvalue weighted by molar-refractivity contribution is 5.66. The fraction of sp³-hybridized carbons (Fsp3) is 0.833. The standard InChI is InChI=1S/C3H6O2.C3H8O/c1-2-3(4)5;1-3(2)4/h2H2,1H3,(H,4,5);3-4H,1-2H3. The Labute approximate surface area is 55.3 Å². The highest BCUT2D eigenvalue weighted by Gasteiger charge is 1.80. The first-order chi connectivity index (χ1) is 4.00. The average molecular weight is 134 g/mol. The van der Waals surface area contributed by atoms with Gasteiger partial charge in [-0.1, -0.05) is 6.92 Å². The SMILES string of the molecule is CC(C)O.CCC(=O)O. The first-order valence-corrected chi connectivity index (χ1v) is 2.90. The molecule has 3 heteroatoms. The minimum absolute atomic E-state index is 0.167. The molecule has 0 amide bonds. The van der Waals surface area contributed by atoms with Crippen LogP contribution in [-0.4, -0.2) is 22.3 Å². The van der Waals surface area contributed by atoms with E-state index in [0.717, 1.165) is 0 Å². The molecule has 0 aromatic heterocycles. The molecule has 0 aliphatic carbocycles. The van der Waals surface area contributed by atoms with Crippen molar-refractivity contribution < 1.29 is 15.0 Å². The molecule has 0 aliphatic rings. The quantitative estimate of drug-likeness (QED) is 0.559. The number of rotatable bonds is 1. The Morgan fingerprint density at radius 2 is 1.67 bits per heavy atom. The van der Waals surface area contributed by atoms with Gasteiger partial charge in [-0.2, -0.15) is 0 Å². The topological polar surface area (TPSA) is 57.5 Å². The Morgan fingerprint density at radius 1 is 1.56 bits per heavy atom. The molecule has 0 aromatic carbocycles. The largest absolute Gasteiger partial charge is 0.481 e. The van der Waals surface area contributed by atoms with E-state index in [0.29, 0.717) is 0 Å². The van der Waals surface area contributed by atoms with Crippen LogP contribution in [0.4, 0.5) is 0 Å². The monoisotopic (exact) mass is 134 g/mol. The summed E-state index contributed by atoms with van der Waals surface area (Å²) in [6.45, 7) is 5.04. The molecule has 56 valence electrons. The zero-order chi connectivity index (χ0) is 7.86. The van der Waals surface area contributed by atoms with Gasteiger partial charge in [0.15, 0.2) is 0 Å². The van der Waals surface area contributed by atoms with Gasteiger partial charge in [-0.15, -0.1) is 0 Å². The number of carboxylic acid groups (broad SMARTS) is 1. The van der Waals surface area contributed by atoms with Gasteiger partial charge in [0.1, 0.15) is 0 Å². The van der Waals surface area contributed by atoms with Crippen molar-refractivity contribution in [3.63, 3.8) is 0 Å². The summed E-state index contributed by atoms with van der Waals surface area (Å²) in [7, 11) is 0. The van der Waals surface area contributed by atoms with Gasteiger partial charge in [0, 0.05) is 12.5 Å². The summed E-state index contributed by atoms with van der Waals surface area (Å²) in [6, 6.07) is 0. The van der Waals surface area contributed by atoms with Gasteiger partial charge < -0.3 is 10.2 Å². The fourth-order valence-corrected chi connectivity index (χ4v) is 0. The zero-order valence-electron chi connectivity index (χ0n) is 6.09. The van der Waals surface area contributed by atoms with E-state index in [-0.39, 0.29) is 12.5 Å². The minimum atomic E-state index is -0.745. The average Bonchev–Trinajstić information content (AvgIpc) is 1.65. The van der Waals surface area contributed by atoms with E-state index in [1.54, 1.807) is 20.8 Å². The number of aliphatic carboxylic acids is 1. The summed E-state index contributed by atoms with van der Waals surface area (Å²) in [5.41, 5.74) is 0. The summed E-state index contributed by atoms with van der Waals surface area (Å²) in [5.74, 6) is -0.745. The Balaban J connectivity index is 0. The third kappa shape index (κ3) is 107. The predicted molar refractivity (Wildman–Crippen MR) is 35.3 cm³/mol. The van der Waals surface area contributed by atoms with Gasteiger partial charge in [0.05, 0.1) is 0 Å². The highest BCUT2D eigenvalue weighted by atomic mass is 16.4. The number of carboxylic acids is 1. The van der Waals surface area contributed by atoms with Crippen LogP contribution >= 0.6 is 0 Å². The molecule has 0 rings (SSSR count). The molecule has 0 aliphatic heterocycles. The normalized spacial score (nSPS) is 8.11. The van der Waals surface area contributed by atoms with Crippen molar-refractivity contribution in [2.24, 2.45) is 0 Å². The summed E-state index contributed by atoms with van der Waals surface area (Å²) in [5, 5.41) is 15.8. The lowest BCUT2D eigenvalue weighted by molar-refractivity contribution is -0.136. The predicted octanol–water partition coefficient (Wildman–Crippen LogP) is 0.868. The van der Waals surface area contributed by atoms with Crippen molar-refractivity contribution in [3.05, 3.63) is 0 Å². The second kappa shape index (κ2) is 7.43. The summed E-state index contributed by atoms with van der Waals surface area (Å²) in [4.78, 5) is 9.37. The lowest BCUT2D eigenvalue weighted by atomic mass is 10.5. The third-order valence-corrected chi connectivity index (χ3v) is 0.302. The molecule has 0 bridgehead atoms. The number of aliphatic hydroxyl groups is 1. The van der Waals surface area contributed by atoms with Crippen LogP contribution in [0.2, 0.25) is 0 Å². The number of aliphatic hydroxyl groups excluding tert-OH is 1. The Hall–Kier alpha value is -0.570. The van der Waals surface area contributed by atoms with E-state index >= 15 is 0 Å². The molecule has 0 spiro atoms. The molecular formula is C6H14O3. The summed E-state index contributed by atoms with van der Waals surface area (Å²) >= 11 is 0. The molecule has 0 aromatic rings. The van der Waals surface area contributed by atoms with Gasteiger partial charge in [-0.05, 0) is 13.8 Å². The van der Waals surface area contributed by atoms with Crippen LogP contribution in [0.25, 0.3) is 0 Å². The van der Waals surface area contributed by atoms with Crippen molar-refractivity contribution in [3.8, 4) is 0 Å². The van der Waals surface area contributed by atoms with Crippen molar-refractivity contribution in [1.82, 2.24) is 0 Å². The van der Waals surface area contributed by atoms with Gasteiger partial charge >= 0.3 is 5.97 Å². The molecule has 0 unspecified atom stereocenters. The Bertz CT molecular complexity index is 65.9. The molecule has 0 saturated carbocycles. The fourth-order valence-electron chi connectivity index (χ4n) is 0. The third-order valence-electron chi connectivity index (χ3n) is 0.302. The molecule has 2 N–H and O–H groups in total. The molecule has 0 radical (unpaired) electrons. The zero-order valence-corrected chi connectivity index (χ0v) is 6.09. The van der Waals surface area contributed by atoms with Crippen molar-refractivity contribution >= 4 is 5.97 Å². The lowest BCUT2D eigenvalue weighted by Gasteiger charge is -1.80. The molecule has 0 saturated heterocycles. The van der Waals surface area contributed by atoms with Crippen LogP contribution in [0.5, 0.6) is 0 Å².